The van der Waals surface area contributed by atoms with Crippen LogP contribution in [-0.2, 0) is 22.7 Å². The number of aryl methyl sites for hydroxylation is 2. The summed E-state index contributed by atoms with van der Waals surface area (Å²) in [5.41, 5.74) is 0.868. The van der Waals surface area contributed by atoms with Crippen LogP contribution in [-0.4, -0.2) is 50.8 Å². The number of benzene rings is 1. The van der Waals surface area contributed by atoms with Crippen LogP contribution in [0.4, 0.5) is 0 Å². The number of aromatic nitrogens is 2. The Morgan fingerprint density at radius 3 is 2.56 bits per heavy atom. The number of nitrogens with zero attached hydrogens (tertiary/aromatic N) is 4. The minimum atomic E-state index is -0.325. The Labute approximate surface area is 191 Å². The maximum Gasteiger partial charge on any atom is 0.229 e. The summed E-state index contributed by atoms with van der Waals surface area (Å²) in [6.07, 6.45) is 9.15. The van der Waals surface area contributed by atoms with Crippen LogP contribution in [0, 0.1) is 18.3 Å². The molecule has 0 spiro atoms. The number of likely N-dealkylation sites (tertiary alicyclic amines) is 2. The third-order valence-corrected chi connectivity index (χ3v) is 7.61. The molecule has 0 saturated carbocycles. The van der Waals surface area contributed by atoms with Crippen LogP contribution in [0.15, 0.2) is 42.7 Å². The van der Waals surface area contributed by atoms with Crippen LogP contribution in [0.5, 0.6) is 0 Å². The second kappa shape index (κ2) is 9.88. The molecule has 0 N–H and O–H groups in total. The zero-order valence-corrected chi connectivity index (χ0v) is 19.5. The average Bonchev–Trinajstić information content (AvgIpc) is 3.18. The summed E-state index contributed by atoms with van der Waals surface area (Å²) in [7, 11) is 0. The maximum absolute atomic E-state index is 13.7. The van der Waals surface area contributed by atoms with E-state index in [1.165, 1.54) is 5.56 Å². The highest BCUT2D eigenvalue weighted by Gasteiger charge is 2.45. The van der Waals surface area contributed by atoms with Gasteiger partial charge in [0, 0.05) is 57.0 Å². The topological polar surface area (TPSA) is 58.4 Å². The van der Waals surface area contributed by atoms with Gasteiger partial charge in [-0.2, -0.15) is 0 Å². The van der Waals surface area contributed by atoms with Gasteiger partial charge in [-0.05, 0) is 44.1 Å². The van der Waals surface area contributed by atoms with Crippen molar-refractivity contribution in [1.82, 2.24) is 19.4 Å². The van der Waals surface area contributed by atoms with Crippen molar-refractivity contribution in [3.63, 3.8) is 0 Å². The van der Waals surface area contributed by atoms with Gasteiger partial charge in [0.15, 0.2) is 0 Å². The maximum atomic E-state index is 13.7. The highest BCUT2D eigenvalue weighted by Crippen LogP contribution is 2.43. The van der Waals surface area contributed by atoms with Crippen molar-refractivity contribution in [2.75, 3.05) is 19.6 Å². The van der Waals surface area contributed by atoms with Crippen molar-refractivity contribution in [3.05, 3.63) is 54.1 Å². The van der Waals surface area contributed by atoms with E-state index in [0.29, 0.717) is 31.3 Å². The van der Waals surface area contributed by atoms with Gasteiger partial charge in [-0.1, -0.05) is 43.7 Å². The number of hydrogen-bond acceptors (Lipinski definition) is 3. The fourth-order valence-corrected chi connectivity index (χ4v) is 5.48. The number of hydrogen-bond donors (Lipinski definition) is 0. The van der Waals surface area contributed by atoms with Gasteiger partial charge in [0.2, 0.25) is 11.8 Å². The van der Waals surface area contributed by atoms with E-state index >= 15 is 0 Å². The van der Waals surface area contributed by atoms with E-state index in [0.717, 1.165) is 57.6 Å². The lowest BCUT2D eigenvalue weighted by Gasteiger charge is -2.43. The summed E-state index contributed by atoms with van der Waals surface area (Å²) in [6, 6.07) is 10.3. The van der Waals surface area contributed by atoms with Crippen LogP contribution in [0.2, 0.25) is 0 Å². The molecular formula is C26H36N4O2. The quantitative estimate of drug-likeness (QED) is 0.687. The standard InChI is InChI=1S/C26H36N4O2/c1-21-27-14-19-28(21)18-12-24(31)29-16-10-23(11-17-29)26(2)13-6-7-15-30(25(26)32)20-22-8-4-3-5-9-22/h3-5,8-9,14,19,23H,6-7,10-13,15-18,20H2,1-2H3/t26-/m1/s1. The predicted molar refractivity (Wildman–Crippen MR) is 125 cm³/mol. The van der Waals surface area contributed by atoms with Gasteiger partial charge in [0.25, 0.3) is 0 Å². The van der Waals surface area contributed by atoms with Crippen molar-refractivity contribution in [2.45, 2.75) is 65.5 Å². The van der Waals surface area contributed by atoms with Gasteiger partial charge >= 0.3 is 0 Å². The number of imidazole rings is 1. The first-order chi connectivity index (χ1) is 15.5. The molecule has 0 radical (unpaired) electrons. The fraction of sp³-hybridized carbons (Fsp3) is 0.577. The molecule has 4 rings (SSSR count). The molecule has 1 aromatic heterocycles. The molecule has 0 aliphatic carbocycles. The molecule has 2 saturated heterocycles. The van der Waals surface area contributed by atoms with Gasteiger partial charge < -0.3 is 14.4 Å². The summed E-state index contributed by atoms with van der Waals surface area (Å²) in [6.45, 7) is 7.87. The minimum absolute atomic E-state index is 0.208. The second-order valence-corrected chi connectivity index (χ2v) is 9.66. The van der Waals surface area contributed by atoms with E-state index in [2.05, 4.69) is 28.9 Å². The Hall–Kier alpha value is -2.63. The summed E-state index contributed by atoms with van der Waals surface area (Å²) in [5.74, 6) is 1.79. The first-order valence-electron chi connectivity index (χ1n) is 12.1. The van der Waals surface area contributed by atoms with Crippen LogP contribution < -0.4 is 0 Å². The van der Waals surface area contributed by atoms with Crippen LogP contribution in [0.3, 0.4) is 0 Å². The van der Waals surface area contributed by atoms with E-state index in [4.69, 9.17) is 0 Å². The minimum Gasteiger partial charge on any atom is -0.343 e. The van der Waals surface area contributed by atoms with Crippen LogP contribution >= 0.6 is 0 Å². The number of rotatable bonds is 6. The molecule has 6 heteroatoms. The molecule has 32 heavy (non-hydrogen) atoms. The molecule has 2 aliphatic heterocycles. The highest BCUT2D eigenvalue weighted by atomic mass is 16.2. The summed E-state index contributed by atoms with van der Waals surface area (Å²) >= 11 is 0. The van der Waals surface area contributed by atoms with Crippen molar-refractivity contribution in [2.24, 2.45) is 11.3 Å². The summed E-state index contributed by atoms with van der Waals surface area (Å²) < 4.78 is 2.03. The molecule has 0 unspecified atom stereocenters. The van der Waals surface area contributed by atoms with Gasteiger partial charge in [-0.3, -0.25) is 9.59 Å². The lowest BCUT2D eigenvalue weighted by molar-refractivity contribution is -0.146. The molecular weight excluding hydrogens is 400 g/mol. The van der Waals surface area contributed by atoms with Gasteiger partial charge in [-0.15, -0.1) is 0 Å². The normalized spacial score (nSPS) is 22.8. The molecule has 1 aromatic carbocycles. The molecule has 0 bridgehead atoms. The SMILES string of the molecule is Cc1nccn1CCC(=O)N1CCC([C@@]2(C)CCCCN(Cc3ccccc3)C2=O)CC1. The molecule has 2 fully saturated rings. The van der Waals surface area contributed by atoms with Crippen LogP contribution in [0.1, 0.15) is 56.8 Å². The van der Waals surface area contributed by atoms with Crippen molar-refractivity contribution >= 4 is 11.8 Å². The number of carbonyl (C=O) groups excluding carboxylic acids is 2. The Balaban J connectivity index is 1.35. The monoisotopic (exact) mass is 436 g/mol. The Kier molecular flexibility index (Phi) is 6.97. The first kappa shape index (κ1) is 22.6. The summed E-state index contributed by atoms with van der Waals surface area (Å²) in [5, 5.41) is 0. The zero-order valence-electron chi connectivity index (χ0n) is 19.5. The third kappa shape index (κ3) is 4.89. The Bertz CT molecular complexity index is 917. The molecule has 172 valence electrons. The molecule has 2 amide bonds. The Morgan fingerprint density at radius 2 is 1.88 bits per heavy atom. The zero-order chi connectivity index (χ0) is 22.6. The average molecular weight is 437 g/mol. The second-order valence-electron chi connectivity index (χ2n) is 9.66. The number of amides is 2. The van der Waals surface area contributed by atoms with Gasteiger partial charge in [0.05, 0.1) is 0 Å². The van der Waals surface area contributed by atoms with Crippen molar-refractivity contribution in [3.8, 4) is 0 Å². The molecule has 2 aromatic rings. The van der Waals surface area contributed by atoms with E-state index in [1.54, 1.807) is 6.20 Å². The van der Waals surface area contributed by atoms with Gasteiger partial charge in [0.1, 0.15) is 5.82 Å². The summed E-state index contributed by atoms with van der Waals surface area (Å²) in [4.78, 5) is 34.7. The third-order valence-electron chi connectivity index (χ3n) is 7.61. The molecule has 2 aliphatic rings. The Morgan fingerprint density at radius 1 is 1.12 bits per heavy atom. The lowest BCUT2D eigenvalue weighted by atomic mass is 9.69. The first-order valence-corrected chi connectivity index (χ1v) is 12.1. The lowest BCUT2D eigenvalue weighted by Crippen LogP contribution is -2.49. The van der Waals surface area contributed by atoms with Crippen molar-refractivity contribution in [1.29, 1.82) is 0 Å². The largest absolute Gasteiger partial charge is 0.343 e. The van der Waals surface area contributed by atoms with Crippen molar-refractivity contribution < 1.29 is 9.59 Å². The number of piperidine rings is 1. The highest BCUT2D eigenvalue weighted by molar-refractivity contribution is 5.83. The molecule has 3 heterocycles. The van der Waals surface area contributed by atoms with E-state index < -0.39 is 0 Å². The van der Waals surface area contributed by atoms with Gasteiger partial charge in [-0.25, -0.2) is 4.98 Å². The van der Waals surface area contributed by atoms with E-state index in [1.807, 2.05) is 40.8 Å². The number of carbonyl (C=O) groups is 2. The predicted octanol–water partition coefficient (Wildman–Crippen LogP) is 4.04. The van der Waals surface area contributed by atoms with Crippen LogP contribution in [0.25, 0.3) is 0 Å². The smallest absolute Gasteiger partial charge is 0.229 e. The van der Waals surface area contributed by atoms with E-state index in [9.17, 15) is 9.59 Å². The van der Waals surface area contributed by atoms with E-state index in [-0.39, 0.29) is 11.3 Å². The fourth-order valence-electron chi connectivity index (χ4n) is 5.48. The molecule has 1 atom stereocenters. The molecule has 6 nitrogen and oxygen atoms in total.